The number of hydrogen-bond acceptors (Lipinski definition) is 4. The summed E-state index contributed by atoms with van der Waals surface area (Å²) in [6, 6.07) is 12.1. The van der Waals surface area contributed by atoms with Crippen LogP contribution in [-0.4, -0.2) is 55.5 Å². The first kappa shape index (κ1) is 21.7. The van der Waals surface area contributed by atoms with E-state index in [0.717, 1.165) is 69.6 Å². The van der Waals surface area contributed by atoms with Gasteiger partial charge >= 0.3 is 0 Å². The number of likely N-dealkylation sites (N-methyl/N-ethyl adjacent to an activating group) is 1. The third-order valence-corrected chi connectivity index (χ3v) is 6.18. The molecule has 0 aliphatic carbocycles. The molecule has 0 atom stereocenters. The number of furan rings is 1. The molecule has 1 fully saturated rings. The van der Waals surface area contributed by atoms with Crippen molar-refractivity contribution in [2.75, 3.05) is 39.8 Å². The van der Waals surface area contributed by atoms with Gasteiger partial charge in [-0.25, -0.2) is 0 Å². The monoisotopic (exact) mass is 482 g/mol. The number of piperazine rings is 1. The molecule has 1 aliphatic heterocycles. The van der Waals surface area contributed by atoms with Gasteiger partial charge in [-0.3, -0.25) is 4.79 Å². The molecule has 1 aromatic heterocycles. The van der Waals surface area contributed by atoms with E-state index in [4.69, 9.17) is 9.15 Å². The van der Waals surface area contributed by atoms with Gasteiger partial charge in [-0.15, -0.1) is 0 Å². The predicted octanol–water partition coefficient (Wildman–Crippen LogP) is 5.44. The zero-order valence-corrected chi connectivity index (χ0v) is 19.7. The first-order valence-electron chi connectivity index (χ1n) is 10.6. The van der Waals surface area contributed by atoms with E-state index in [1.54, 1.807) is 12.3 Å². The van der Waals surface area contributed by atoms with Gasteiger partial charge in [0.2, 0.25) is 5.91 Å². The van der Waals surface area contributed by atoms with Crippen LogP contribution in [0.4, 0.5) is 0 Å². The molecule has 2 heterocycles. The molecule has 0 bridgehead atoms. The third-order valence-electron chi connectivity index (χ3n) is 5.69. The highest BCUT2D eigenvalue weighted by Crippen LogP contribution is 2.38. The van der Waals surface area contributed by atoms with Crippen LogP contribution in [0.1, 0.15) is 19.4 Å². The second kappa shape index (κ2) is 9.28. The first-order valence-corrected chi connectivity index (χ1v) is 11.4. The number of carbonyl (C=O) groups is 1. The van der Waals surface area contributed by atoms with Crippen LogP contribution < -0.4 is 4.74 Å². The molecular formula is C25H27BrN2O3. The van der Waals surface area contributed by atoms with E-state index in [2.05, 4.69) is 46.1 Å². The highest BCUT2D eigenvalue weighted by Gasteiger charge is 2.19. The van der Waals surface area contributed by atoms with Crippen LogP contribution in [0.15, 0.2) is 57.6 Å². The number of ether oxygens (including phenoxy) is 1. The molecule has 3 aromatic rings. The number of halogens is 1. The van der Waals surface area contributed by atoms with Crippen molar-refractivity contribution >= 4 is 38.4 Å². The minimum absolute atomic E-state index is 0.0487. The molecule has 0 saturated carbocycles. The molecule has 31 heavy (non-hydrogen) atoms. The summed E-state index contributed by atoms with van der Waals surface area (Å²) in [7, 11) is 2.08. The highest BCUT2D eigenvalue weighted by atomic mass is 79.9. The fraction of sp³-hybridized carbons (Fsp3) is 0.320. The number of hydrogen-bond donors (Lipinski definition) is 0. The molecule has 2 aromatic carbocycles. The number of rotatable bonds is 5. The van der Waals surface area contributed by atoms with Gasteiger partial charge in [0.1, 0.15) is 11.3 Å². The third kappa shape index (κ3) is 4.70. The van der Waals surface area contributed by atoms with Crippen LogP contribution in [0.25, 0.3) is 27.7 Å². The Labute approximate surface area is 191 Å². The molecule has 0 N–H and O–H groups in total. The summed E-state index contributed by atoms with van der Waals surface area (Å²) in [5.41, 5.74) is 4.64. The number of fused-ring (bicyclic) bond motifs is 1. The average Bonchev–Trinajstić information content (AvgIpc) is 3.16. The lowest BCUT2D eigenvalue weighted by atomic mass is 9.99. The summed E-state index contributed by atoms with van der Waals surface area (Å²) in [5, 5.41) is 0.997. The Morgan fingerprint density at radius 2 is 1.97 bits per heavy atom. The van der Waals surface area contributed by atoms with Crippen LogP contribution in [0.3, 0.4) is 0 Å². The number of amides is 1. The Morgan fingerprint density at radius 1 is 1.19 bits per heavy atom. The molecule has 0 spiro atoms. The molecule has 5 nitrogen and oxygen atoms in total. The number of carbonyl (C=O) groups excluding carboxylic acids is 1. The van der Waals surface area contributed by atoms with E-state index in [0.29, 0.717) is 6.61 Å². The summed E-state index contributed by atoms with van der Waals surface area (Å²) in [5.74, 6) is 0.776. The maximum atomic E-state index is 12.9. The normalized spacial score (nSPS) is 15.5. The molecule has 0 unspecified atom stereocenters. The highest BCUT2D eigenvalue weighted by molar-refractivity contribution is 9.10. The lowest BCUT2D eigenvalue weighted by molar-refractivity contribution is -0.127. The zero-order chi connectivity index (χ0) is 22.0. The summed E-state index contributed by atoms with van der Waals surface area (Å²) >= 11 is 3.55. The first-order chi connectivity index (χ1) is 15.0. The summed E-state index contributed by atoms with van der Waals surface area (Å²) in [6.07, 6.45) is 3.51. The Morgan fingerprint density at radius 3 is 2.68 bits per heavy atom. The largest absolute Gasteiger partial charge is 0.493 e. The van der Waals surface area contributed by atoms with E-state index in [1.165, 1.54) is 0 Å². The molecule has 6 heteroatoms. The number of nitrogens with zero attached hydrogens (tertiary/aromatic N) is 2. The smallest absolute Gasteiger partial charge is 0.246 e. The molecule has 162 valence electrons. The number of benzene rings is 2. The molecule has 1 aliphatic rings. The van der Waals surface area contributed by atoms with Crippen molar-refractivity contribution in [3.63, 3.8) is 0 Å². The van der Waals surface area contributed by atoms with Crippen LogP contribution in [0.5, 0.6) is 5.75 Å². The second-order valence-electron chi connectivity index (χ2n) is 7.89. The van der Waals surface area contributed by atoms with E-state index in [-0.39, 0.29) is 5.91 Å². The molecule has 0 radical (unpaired) electrons. The molecular weight excluding hydrogens is 456 g/mol. The van der Waals surface area contributed by atoms with Crippen molar-refractivity contribution in [2.45, 2.75) is 13.8 Å². The van der Waals surface area contributed by atoms with Gasteiger partial charge in [0.05, 0.1) is 12.9 Å². The summed E-state index contributed by atoms with van der Waals surface area (Å²) in [4.78, 5) is 17.0. The van der Waals surface area contributed by atoms with Crippen LogP contribution >= 0.6 is 15.9 Å². The van der Waals surface area contributed by atoms with Crippen LogP contribution in [0, 0.1) is 0 Å². The second-order valence-corrected chi connectivity index (χ2v) is 8.81. The zero-order valence-electron chi connectivity index (χ0n) is 18.2. The molecule has 1 amide bonds. The van der Waals surface area contributed by atoms with Crippen molar-refractivity contribution < 1.29 is 13.9 Å². The summed E-state index contributed by atoms with van der Waals surface area (Å²) in [6.45, 7) is 7.78. The summed E-state index contributed by atoms with van der Waals surface area (Å²) < 4.78 is 12.8. The maximum absolute atomic E-state index is 12.9. The molecule has 4 rings (SSSR count). The Kier molecular flexibility index (Phi) is 6.49. The predicted molar refractivity (Wildman–Crippen MR) is 128 cm³/mol. The minimum atomic E-state index is 0.0487. The molecule has 1 saturated heterocycles. The van der Waals surface area contributed by atoms with Crippen molar-refractivity contribution in [2.24, 2.45) is 0 Å². The quantitative estimate of drug-likeness (QED) is 0.454. The van der Waals surface area contributed by atoms with E-state index >= 15 is 0 Å². The topological polar surface area (TPSA) is 45.9 Å². The maximum Gasteiger partial charge on any atom is 0.246 e. The fourth-order valence-corrected chi connectivity index (χ4v) is 4.30. The van der Waals surface area contributed by atoms with Gasteiger partial charge in [-0.2, -0.15) is 0 Å². The van der Waals surface area contributed by atoms with Gasteiger partial charge < -0.3 is 19.0 Å². The lowest BCUT2D eigenvalue weighted by Crippen LogP contribution is -2.46. The van der Waals surface area contributed by atoms with Crippen LogP contribution in [0.2, 0.25) is 0 Å². The fourth-order valence-electron chi connectivity index (χ4n) is 3.90. The SMILES string of the molecule is CCOc1cc2occ(-c3cccc(Br)c3)c2cc1/C(C)=C/C(=O)N1CCN(C)CC1. The van der Waals surface area contributed by atoms with Gasteiger partial charge in [-0.1, -0.05) is 28.1 Å². The Hall–Kier alpha value is -2.57. The van der Waals surface area contributed by atoms with Crippen molar-refractivity contribution in [1.29, 1.82) is 0 Å². The Bertz CT molecular complexity index is 1130. The van der Waals surface area contributed by atoms with E-state index in [1.807, 2.05) is 36.9 Å². The van der Waals surface area contributed by atoms with Gasteiger partial charge in [0.25, 0.3) is 0 Å². The van der Waals surface area contributed by atoms with Crippen LogP contribution in [-0.2, 0) is 4.79 Å². The van der Waals surface area contributed by atoms with Crippen molar-refractivity contribution in [1.82, 2.24) is 9.80 Å². The van der Waals surface area contributed by atoms with Crippen molar-refractivity contribution in [3.8, 4) is 16.9 Å². The van der Waals surface area contributed by atoms with Gasteiger partial charge in [0, 0.05) is 59.3 Å². The van der Waals surface area contributed by atoms with Crippen molar-refractivity contribution in [3.05, 3.63) is 58.8 Å². The number of allylic oxidation sites excluding steroid dienone is 1. The van der Waals surface area contributed by atoms with E-state index in [9.17, 15) is 4.79 Å². The Balaban J connectivity index is 1.73. The standard InChI is InChI=1S/C25H27BrN2O3/c1-4-30-23-15-24-21(22(16-31-24)18-6-5-7-19(26)13-18)14-20(23)17(2)12-25(29)28-10-8-27(3)9-11-28/h5-7,12-16H,4,8-11H2,1-3H3/b17-12+. The minimum Gasteiger partial charge on any atom is -0.493 e. The average molecular weight is 483 g/mol. The van der Waals surface area contributed by atoms with Gasteiger partial charge in [0.15, 0.2) is 0 Å². The lowest BCUT2D eigenvalue weighted by Gasteiger charge is -2.31. The van der Waals surface area contributed by atoms with Gasteiger partial charge in [-0.05, 0) is 50.2 Å². The van der Waals surface area contributed by atoms with E-state index < -0.39 is 0 Å².